The third kappa shape index (κ3) is 4.77. The second kappa shape index (κ2) is 8.74. The maximum atomic E-state index is 5.89. The summed E-state index contributed by atoms with van der Waals surface area (Å²) in [5.74, 6) is 3.49. The number of thioether (sulfide) groups is 1. The molecule has 1 aliphatic rings. The van der Waals surface area contributed by atoms with Gasteiger partial charge in [-0.25, -0.2) is 0 Å². The zero-order chi connectivity index (χ0) is 17.6. The van der Waals surface area contributed by atoms with Crippen LogP contribution in [-0.2, 0) is 15.2 Å². The third-order valence-corrected chi connectivity index (χ3v) is 5.41. The largest absolute Gasteiger partial charge is 0.468 e. The average Bonchev–Trinajstić information content (AvgIpc) is 3.20. The topological polar surface area (TPSA) is 53.7 Å². The molecule has 1 aromatic heterocycles. The normalized spacial score (nSPS) is 20.1. The van der Waals surface area contributed by atoms with Crippen molar-refractivity contribution >= 4 is 11.8 Å². The summed E-state index contributed by atoms with van der Waals surface area (Å²) in [7, 11) is 1.60. The molecule has 2 unspecified atom stereocenters. The highest BCUT2D eigenvalue weighted by molar-refractivity contribution is 7.98. The zero-order valence-electron chi connectivity index (χ0n) is 15.0. The van der Waals surface area contributed by atoms with Gasteiger partial charge in [-0.05, 0) is 51.0 Å². The molecular formula is C19H25NO4S. The fraction of sp³-hybridized carbons (Fsp3) is 0.526. The molecule has 0 bridgehead atoms. The molecular weight excluding hydrogens is 338 g/mol. The summed E-state index contributed by atoms with van der Waals surface area (Å²) in [5.41, 5.74) is 3.11. The Bertz CT molecular complexity index is 671. The van der Waals surface area contributed by atoms with E-state index in [1.807, 2.05) is 43.0 Å². The summed E-state index contributed by atoms with van der Waals surface area (Å²) in [5, 5.41) is 4.16. The van der Waals surface area contributed by atoms with E-state index in [4.69, 9.17) is 18.7 Å². The van der Waals surface area contributed by atoms with Crippen molar-refractivity contribution in [2.45, 2.75) is 44.6 Å². The monoisotopic (exact) mass is 363 g/mol. The van der Waals surface area contributed by atoms with E-state index in [1.165, 1.54) is 6.42 Å². The molecule has 25 heavy (non-hydrogen) atoms. The van der Waals surface area contributed by atoms with Crippen LogP contribution in [0.5, 0.6) is 5.75 Å². The molecule has 2 aromatic rings. The van der Waals surface area contributed by atoms with Crippen molar-refractivity contribution in [2.24, 2.45) is 0 Å². The first kappa shape index (κ1) is 18.3. The van der Waals surface area contributed by atoms with E-state index in [0.29, 0.717) is 12.2 Å². The molecule has 0 saturated carbocycles. The Balaban J connectivity index is 1.62. The molecule has 3 rings (SSSR count). The van der Waals surface area contributed by atoms with Gasteiger partial charge in [-0.15, -0.1) is 0 Å². The van der Waals surface area contributed by atoms with Crippen LogP contribution in [0.2, 0.25) is 0 Å². The second-order valence-electron chi connectivity index (χ2n) is 6.31. The molecule has 2 heterocycles. The Labute approximate surface area is 153 Å². The predicted molar refractivity (Wildman–Crippen MR) is 98.9 cm³/mol. The number of hydrogen-bond acceptors (Lipinski definition) is 6. The van der Waals surface area contributed by atoms with Gasteiger partial charge < -0.3 is 18.7 Å². The standard InChI is InChI=1S/C19H25NO4S/c1-13-4-7-17(23-13)10-25-11-18-14(2)20-24-19(18)15-5-8-16(9-6-15)22-12-21-3/h5-6,8-9,13,17H,4,7,10-12H2,1-3H3. The fourth-order valence-corrected chi connectivity index (χ4v) is 4.09. The quantitative estimate of drug-likeness (QED) is 0.647. The van der Waals surface area contributed by atoms with Gasteiger partial charge in [0.1, 0.15) is 5.75 Å². The van der Waals surface area contributed by atoms with Gasteiger partial charge in [0.05, 0.1) is 17.9 Å². The Hall–Kier alpha value is -1.50. The van der Waals surface area contributed by atoms with Crippen LogP contribution in [-0.4, -0.2) is 37.0 Å². The summed E-state index contributed by atoms with van der Waals surface area (Å²) in [6, 6.07) is 7.80. The third-order valence-electron chi connectivity index (χ3n) is 4.31. The predicted octanol–water partition coefficient (Wildman–Crippen LogP) is 4.43. The highest BCUT2D eigenvalue weighted by Gasteiger charge is 2.22. The van der Waals surface area contributed by atoms with Gasteiger partial charge in [0.2, 0.25) is 0 Å². The number of rotatable bonds is 8. The Morgan fingerprint density at radius 2 is 2.04 bits per heavy atom. The SMILES string of the molecule is COCOc1ccc(-c2onc(C)c2CSCC2CCC(C)O2)cc1. The van der Waals surface area contributed by atoms with Crippen LogP contribution < -0.4 is 4.74 Å². The minimum atomic E-state index is 0.241. The first-order valence-electron chi connectivity index (χ1n) is 8.58. The smallest absolute Gasteiger partial charge is 0.188 e. The van der Waals surface area contributed by atoms with Gasteiger partial charge in [0, 0.05) is 29.7 Å². The molecule has 136 valence electrons. The maximum Gasteiger partial charge on any atom is 0.188 e. The lowest BCUT2D eigenvalue weighted by atomic mass is 10.1. The lowest BCUT2D eigenvalue weighted by molar-refractivity contribution is 0.0511. The molecule has 6 heteroatoms. The molecule has 0 radical (unpaired) electrons. The van der Waals surface area contributed by atoms with Gasteiger partial charge in [0.15, 0.2) is 12.6 Å². The Kier molecular flexibility index (Phi) is 6.39. The van der Waals surface area contributed by atoms with Crippen LogP contribution in [0, 0.1) is 6.92 Å². The van der Waals surface area contributed by atoms with Crippen molar-refractivity contribution in [2.75, 3.05) is 19.7 Å². The molecule has 1 saturated heterocycles. The van der Waals surface area contributed by atoms with Gasteiger partial charge >= 0.3 is 0 Å². The molecule has 0 amide bonds. The van der Waals surface area contributed by atoms with Crippen molar-refractivity contribution < 1.29 is 18.7 Å². The van der Waals surface area contributed by atoms with Crippen LogP contribution in [0.4, 0.5) is 0 Å². The van der Waals surface area contributed by atoms with Crippen LogP contribution in [0.3, 0.4) is 0 Å². The van der Waals surface area contributed by atoms with Gasteiger partial charge in [0.25, 0.3) is 0 Å². The van der Waals surface area contributed by atoms with Crippen LogP contribution >= 0.6 is 11.8 Å². The summed E-state index contributed by atoms with van der Waals surface area (Å²) in [6.07, 6.45) is 3.10. The zero-order valence-corrected chi connectivity index (χ0v) is 15.8. The number of benzene rings is 1. The average molecular weight is 363 g/mol. The van der Waals surface area contributed by atoms with E-state index in [2.05, 4.69) is 12.1 Å². The summed E-state index contributed by atoms with van der Waals surface area (Å²) in [4.78, 5) is 0. The fourth-order valence-electron chi connectivity index (χ4n) is 2.92. The van der Waals surface area contributed by atoms with E-state index in [1.54, 1.807) is 7.11 Å². The summed E-state index contributed by atoms with van der Waals surface area (Å²) < 4.78 is 21.8. The van der Waals surface area contributed by atoms with Gasteiger partial charge in [-0.2, -0.15) is 11.8 Å². The van der Waals surface area contributed by atoms with Crippen molar-refractivity contribution in [3.63, 3.8) is 0 Å². The number of aryl methyl sites for hydroxylation is 1. The molecule has 0 N–H and O–H groups in total. The highest BCUT2D eigenvalue weighted by atomic mass is 32.2. The molecule has 1 aromatic carbocycles. The van der Waals surface area contributed by atoms with Gasteiger partial charge in [-0.3, -0.25) is 0 Å². The second-order valence-corrected chi connectivity index (χ2v) is 7.34. The maximum absolute atomic E-state index is 5.89. The highest BCUT2D eigenvalue weighted by Crippen LogP contribution is 2.32. The first-order chi connectivity index (χ1) is 12.2. The molecule has 1 fully saturated rings. The van der Waals surface area contributed by atoms with Crippen LogP contribution in [0.1, 0.15) is 31.0 Å². The van der Waals surface area contributed by atoms with E-state index in [0.717, 1.165) is 46.3 Å². The van der Waals surface area contributed by atoms with Crippen molar-refractivity contribution in [1.29, 1.82) is 0 Å². The summed E-state index contributed by atoms with van der Waals surface area (Å²) in [6.45, 7) is 4.38. The van der Waals surface area contributed by atoms with E-state index in [9.17, 15) is 0 Å². The lowest BCUT2D eigenvalue weighted by Gasteiger charge is -2.10. The molecule has 0 aliphatic carbocycles. The van der Waals surface area contributed by atoms with Crippen molar-refractivity contribution in [3.05, 3.63) is 35.5 Å². The molecule has 5 nitrogen and oxygen atoms in total. The van der Waals surface area contributed by atoms with Crippen LogP contribution in [0.15, 0.2) is 28.8 Å². The van der Waals surface area contributed by atoms with Gasteiger partial charge in [-0.1, -0.05) is 5.16 Å². The number of ether oxygens (including phenoxy) is 3. The van der Waals surface area contributed by atoms with Crippen LogP contribution in [0.25, 0.3) is 11.3 Å². The number of nitrogens with zero attached hydrogens (tertiary/aromatic N) is 1. The van der Waals surface area contributed by atoms with Crippen molar-refractivity contribution in [1.82, 2.24) is 5.16 Å². The molecule has 2 atom stereocenters. The Morgan fingerprint density at radius 1 is 1.24 bits per heavy atom. The van der Waals surface area contributed by atoms with E-state index in [-0.39, 0.29) is 6.79 Å². The first-order valence-corrected chi connectivity index (χ1v) is 9.73. The lowest BCUT2D eigenvalue weighted by Crippen LogP contribution is -2.11. The van der Waals surface area contributed by atoms with Crippen molar-refractivity contribution in [3.8, 4) is 17.1 Å². The molecule has 1 aliphatic heterocycles. The Morgan fingerprint density at radius 3 is 2.72 bits per heavy atom. The minimum Gasteiger partial charge on any atom is -0.468 e. The number of aromatic nitrogens is 1. The molecule has 0 spiro atoms. The number of hydrogen-bond donors (Lipinski definition) is 0. The summed E-state index contributed by atoms with van der Waals surface area (Å²) >= 11 is 1.88. The number of methoxy groups -OCH3 is 1. The minimum absolute atomic E-state index is 0.241. The van der Waals surface area contributed by atoms with E-state index >= 15 is 0 Å². The van der Waals surface area contributed by atoms with E-state index < -0.39 is 0 Å².